The third-order valence-electron chi connectivity index (χ3n) is 10.5. The molecule has 2 unspecified atom stereocenters. The van der Waals surface area contributed by atoms with Gasteiger partial charge in [0.05, 0.1) is 5.41 Å². The Kier molecular flexibility index (Phi) is 6.12. The van der Waals surface area contributed by atoms with Gasteiger partial charge in [-0.2, -0.15) is 0 Å². The van der Waals surface area contributed by atoms with E-state index in [2.05, 4.69) is 42.6 Å². The van der Waals surface area contributed by atoms with Gasteiger partial charge in [-0.3, -0.25) is 4.79 Å². The summed E-state index contributed by atoms with van der Waals surface area (Å²) in [5, 5.41) is 3.56. The minimum Gasteiger partial charge on any atom is -0.353 e. The summed E-state index contributed by atoms with van der Waals surface area (Å²) in [5.41, 5.74) is 7.64. The van der Waals surface area contributed by atoms with E-state index in [1.165, 1.54) is 24.8 Å². The minimum atomic E-state index is -0.197. The van der Waals surface area contributed by atoms with Crippen LogP contribution in [0.25, 0.3) is 0 Å². The van der Waals surface area contributed by atoms with Crippen molar-refractivity contribution in [2.24, 2.45) is 34.3 Å². The van der Waals surface area contributed by atoms with Crippen LogP contribution in [0.5, 0.6) is 0 Å². The maximum atomic E-state index is 14.0. The van der Waals surface area contributed by atoms with Crippen molar-refractivity contribution in [1.82, 2.24) is 5.32 Å². The Morgan fingerprint density at radius 2 is 1.72 bits per heavy atom. The topological polar surface area (TPSA) is 55.1 Å². The van der Waals surface area contributed by atoms with E-state index in [1.54, 1.807) is 0 Å². The smallest absolute Gasteiger partial charge is 0.226 e. The molecule has 0 radical (unpaired) electrons. The first-order valence-corrected chi connectivity index (χ1v) is 13.7. The number of hydrogen-bond donors (Lipinski definition) is 2. The van der Waals surface area contributed by atoms with E-state index < -0.39 is 0 Å². The lowest BCUT2D eigenvalue weighted by Crippen LogP contribution is -2.66. The zero-order valence-corrected chi connectivity index (χ0v) is 20.5. The highest BCUT2D eigenvalue weighted by Gasteiger charge is 2.67. The van der Waals surface area contributed by atoms with Crippen LogP contribution in [0.3, 0.4) is 0 Å². The number of hydrogen-bond acceptors (Lipinski definition) is 2. The van der Waals surface area contributed by atoms with Gasteiger partial charge < -0.3 is 11.1 Å². The van der Waals surface area contributed by atoms with Crippen molar-refractivity contribution in [3.8, 4) is 0 Å². The average molecular weight is 457 g/mol. The highest BCUT2D eigenvalue weighted by Crippen LogP contribution is 2.72. The van der Waals surface area contributed by atoms with E-state index in [9.17, 15) is 4.79 Å². The van der Waals surface area contributed by atoms with E-state index in [1.807, 2.05) is 0 Å². The van der Waals surface area contributed by atoms with Crippen molar-refractivity contribution in [1.29, 1.82) is 0 Å². The van der Waals surface area contributed by atoms with Crippen LogP contribution in [-0.2, 0) is 10.2 Å². The van der Waals surface area contributed by atoms with Crippen LogP contribution in [0.2, 0.25) is 0 Å². The third kappa shape index (κ3) is 3.54. The molecule has 0 spiro atoms. The van der Waals surface area contributed by atoms with Crippen molar-refractivity contribution in [3.05, 3.63) is 35.9 Å². The first-order valence-electron chi connectivity index (χ1n) is 13.1. The fourth-order valence-corrected chi connectivity index (χ4v) is 9.25. The van der Waals surface area contributed by atoms with Crippen LogP contribution in [0.4, 0.5) is 0 Å². The number of alkyl halides is 1. The van der Waals surface area contributed by atoms with E-state index >= 15 is 0 Å². The van der Waals surface area contributed by atoms with Crippen LogP contribution < -0.4 is 11.1 Å². The summed E-state index contributed by atoms with van der Waals surface area (Å²) in [6.07, 6.45) is 12.4. The number of halogens is 1. The van der Waals surface area contributed by atoms with Crippen LogP contribution in [-0.4, -0.2) is 24.4 Å². The molecule has 5 aliphatic rings. The van der Waals surface area contributed by atoms with Gasteiger partial charge >= 0.3 is 0 Å². The van der Waals surface area contributed by atoms with Crippen molar-refractivity contribution >= 4 is 17.5 Å². The molecule has 0 aromatic heterocycles. The molecule has 3 N–H and O–H groups in total. The van der Waals surface area contributed by atoms with Crippen molar-refractivity contribution in [3.63, 3.8) is 0 Å². The molecule has 5 saturated carbocycles. The Labute approximate surface area is 199 Å². The maximum absolute atomic E-state index is 14.0. The molecule has 1 amide bonds. The first-order chi connectivity index (χ1) is 15.5. The Hall–Kier alpha value is -1.06. The lowest BCUT2D eigenvalue weighted by molar-refractivity contribution is -0.181. The number of rotatable bonds is 7. The van der Waals surface area contributed by atoms with Crippen LogP contribution in [0, 0.1) is 28.6 Å². The quantitative estimate of drug-likeness (QED) is 0.510. The van der Waals surface area contributed by atoms with Gasteiger partial charge in [0.25, 0.3) is 0 Å². The molecule has 1 aromatic rings. The van der Waals surface area contributed by atoms with Crippen LogP contribution >= 0.6 is 11.6 Å². The molecule has 5 aliphatic carbocycles. The highest BCUT2D eigenvalue weighted by atomic mass is 35.5. The summed E-state index contributed by atoms with van der Waals surface area (Å²) in [6, 6.07) is 11.5. The Bertz CT molecular complexity index is 800. The number of benzene rings is 1. The average Bonchev–Trinajstić information content (AvgIpc) is 2.82. The van der Waals surface area contributed by atoms with Gasteiger partial charge in [-0.05, 0) is 111 Å². The molecule has 0 saturated heterocycles. The van der Waals surface area contributed by atoms with Crippen molar-refractivity contribution in [2.45, 2.75) is 89.0 Å². The number of carbonyl (C=O) groups excluding carboxylic acids is 1. The molecule has 4 bridgehead atoms. The van der Waals surface area contributed by atoms with E-state index in [4.69, 9.17) is 17.3 Å². The van der Waals surface area contributed by atoms with Crippen molar-refractivity contribution < 1.29 is 4.79 Å². The van der Waals surface area contributed by atoms with Gasteiger partial charge in [0.15, 0.2) is 0 Å². The zero-order valence-electron chi connectivity index (χ0n) is 19.8. The molecule has 1 aromatic carbocycles. The Morgan fingerprint density at radius 3 is 2.28 bits per heavy atom. The number of nitrogens with one attached hydrogen (secondary N) is 1. The third-order valence-corrected chi connectivity index (χ3v) is 10.6. The number of amides is 1. The van der Waals surface area contributed by atoms with Crippen molar-refractivity contribution in [2.75, 3.05) is 12.4 Å². The summed E-state index contributed by atoms with van der Waals surface area (Å²) >= 11 is 6.38. The summed E-state index contributed by atoms with van der Waals surface area (Å²) in [6.45, 7) is 3.15. The number of nitrogens with two attached hydrogens (primary N) is 1. The minimum absolute atomic E-state index is 0.159. The lowest BCUT2D eigenvalue weighted by atomic mass is 9.35. The van der Waals surface area contributed by atoms with Gasteiger partial charge in [-0.25, -0.2) is 0 Å². The molecule has 5 fully saturated rings. The SMILES string of the molecule is CCC1(CCCl)C2CC3(C(=O)N[C@H]4CC[C@H](CN)CC4)CC1CC(c1ccccc1)(C2)C3. The summed E-state index contributed by atoms with van der Waals surface area (Å²) in [4.78, 5) is 14.0. The van der Waals surface area contributed by atoms with E-state index in [0.717, 1.165) is 63.8 Å². The van der Waals surface area contributed by atoms with Gasteiger partial charge in [0.1, 0.15) is 0 Å². The summed E-state index contributed by atoms with van der Waals surface area (Å²) < 4.78 is 0. The van der Waals surface area contributed by atoms with Crippen LogP contribution in [0.1, 0.15) is 83.1 Å². The predicted octanol–water partition coefficient (Wildman–Crippen LogP) is 5.79. The summed E-state index contributed by atoms with van der Waals surface area (Å²) in [5.74, 6) is 2.95. The fraction of sp³-hybridized carbons (Fsp3) is 0.750. The first kappa shape index (κ1) is 22.7. The standard InChI is InChI=1S/C28H41ClN2O/c1-2-28(12-13-29)22-14-26(21-6-4-3-5-7-21)15-23(28)17-27(16-22,19-26)25(32)31-24-10-8-20(18-30)9-11-24/h3-7,20,22-24H,2,8-19,30H2,1H3,(H,31,32)/t20-,22?,23?,24-,26?,27?,28?. The second kappa shape index (κ2) is 8.62. The summed E-state index contributed by atoms with van der Waals surface area (Å²) in [7, 11) is 0. The van der Waals surface area contributed by atoms with Gasteiger partial charge in [-0.1, -0.05) is 37.3 Å². The lowest BCUT2D eigenvalue weighted by Gasteiger charge is -2.69. The van der Waals surface area contributed by atoms with Gasteiger partial charge in [0.2, 0.25) is 5.91 Å². The maximum Gasteiger partial charge on any atom is 0.226 e. The second-order valence-corrected chi connectivity index (χ2v) is 12.1. The number of carbonyl (C=O) groups is 1. The second-order valence-electron chi connectivity index (χ2n) is 11.8. The monoisotopic (exact) mass is 456 g/mol. The normalized spacial score (nSPS) is 42.7. The van der Waals surface area contributed by atoms with Crippen LogP contribution in [0.15, 0.2) is 30.3 Å². The molecule has 6 rings (SSSR count). The Balaban J connectivity index is 1.44. The molecule has 2 atom stereocenters. The highest BCUT2D eigenvalue weighted by molar-refractivity contribution is 6.17. The molecule has 176 valence electrons. The van der Waals surface area contributed by atoms with E-state index in [-0.39, 0.29) is 10.8 Å². The molecule has 0 heterocycles. The zero-order chi connectivity index (χ0) is 22.4. The van der Waals surface area contributed by atoms with E-state index in [0.29, 0.717) is 35.1 Å². The molecular formula is C28H41ClN2O. The Morgan fingerprint density at radius 1 is 1.06 bits per heavy atom. The fourth-order valence-electron chi connectivity index (χ4n) is 8.89. The molecule has 0 aliphatic heterocycles. The molecule has 3 nitrogen and oxygen atoms in total. The largest absolute Gasteiger partial charge is 0.353 e. The van der Waals surface area contributed by atoms with Gasteiger partial charge in [-0.15, -0.1) is 11.6 Å². The predicted molar refractivity (Wildman–Crippen MR) is 132 cm³/mol. The molecular weight excluding hydrogens is 416 g/mol. The molecule has 4 heteroatoms. The molecule has 32 heavy (non-hydrogen) atoms. The van der Waals surface area contributed by atoms with Gasteiger partial charge in [0, 0.05) is 11.9 Å².